The van der Waals surface area contributed by atoms with Gasteiger partial charge >= 0.3 is 17.9 Å². The van der Waals surface area contributed by atoms with Crippen LogP contribution in [0.2, 0.25) is 0 Å². The number of esters is 2. The van der Waals surface area contributed by atoms with E-state index in [1.165, 1.54) is 25.3 Å². The SMILES string of the molecule is CCCCCCCC(=O)CCCCCC/C=C/C(C(=O)NC(Cc1ccc(OCC=C(C)C)cc1)C(=O)OC)C(O)(CC(=O)OC)C(=O)O. The Morgan fingerprint density at radius 1 is 0.878 bits per heavy atom. The Kier molecular flexibility index (Phi) is 21.2. The molecule has 0 aromatic heterocycles. The van der Waals surface area contributed by atoms with Gasteiger partial charge in [-0.25, -0.2) is 9.59 Å². The van der Waals surface area contributed by atoms with Crippen LogP contribution in [0.15, 0.2) is 48.1 Å². The standard InChI is InChI=1S/C38H57NO10/c1-6-7-8-11-14-17-30(40)18-15-12-9-10-13-16-19-32(38(46,37(44)45)27-34(41)47-4)35(42)39-33(36(43)48-5)26-29-20-22-31(23-21-29)49-25-24-28(2)3/h16,19-24,32-33,46H,6-15,17-18,25-27H2,1-5H3,(H,39,42)(H,44,45)/b19-16+. The number of nitrogens with one attached hydrogen (secondary N) is 1. The summed E-state index contributed by atoms with van der Waals surface area (Å²) < 4.78 is 15.2. The van der Waals surface area contributed by atoms with E-state index in [1.54, 1.807) is 30.3 Å². The summed E-state index contributed by atoms with van der Waals surface area (Å²) in [7, 11) is 2.20. The summed E-state index contributed by atoms with van der Waals surface area (Å²) in [6, 6.07) is 5.69. The fourth-order valence-corrected chi connectivity index (χ4v) is 5.15. The molecule has 0 bridgehead atoms. The Balaban J connectivity index is 2.94. The molecule has 0 fully saturated rings. The van der Waals surface area contributed by atoms with Gasteiger partial charge < -0.3 is 29.7 Å². The van der Waals surface area contributed by atoms with Gasteiger partial charge in [-0.15, -0.1) is 0 Å². The van der Waals surface area contributed by atoms with Gasteiger partial charge in [0.25, 0.3) is 0 Å². The van der Waals surface area contributed by atoms with Crippen molar-refractivity contribution in [1.29, 1.82) is 0 Å². The average molecular weight is 688 g/mol. The van der Waals surface area contributed by atoms with Crippen molar-refractivity contribution in [3.8, 4) is 5.75 Å². The zero-order valence-electron chi connectivity index (χ0n) is 30.0. The maximum absolute atomic E-state index is 13.6. The van der Waals surface area contributed by atoms with E-state index in [9.17, 15) is 34.2 Å². The summed E-state index contributed by atoms with van der Waals surface area (Å²) in [6.07, 6.45) is 14.2. The highest BCUT2D eigenvalue weighted by atomic mass is 16.5. The van der Waals surface area contributed by atoms with Crippen LogP contribution in [0.5, 0.6) is 5.75 Å². The number of amides is 1. The zero-order chi connectivity index (χ0) is 36.7. The molecule has 0 heterocycles. The number of carboxylic acids is 1. The van der Waals surface area contributed by atoms with Gasteiger partial charge in [0.2, 0.25) is 5.91 Å². The van der Waals surface area contributed by atoms with Gasteiger partial charge in [0.05, 0.1) is 26.6 Å². The van der Waals surface area contributed by atoms with E-state index < -0.39 is 47.8 Å². The first kappa shape index (κ1) is 43.0. The Bertz CT molecular complexity index is 1240. The summed E-state index contributed by atoms with van der Waals surface area (Å²) in [5.74, 6) is -5.41. The van der Waals surface area contributed by atoms with Crippen molar-refractivity contribution in [1.82, 2.24) is 5.32 Å². The largest absolute Gasteiger partial charge is 0.490 e. The number of ketones is 1. The minimum Gasteiger partial charge on any atom is -0.490 e. The predicted molar refractivity (Wildman–Crippen MR) is 187 cm³/mol. The van der Waals surface area contributed by atoms with Gasteiger partial charge in [0.1, 0.15) is 24.2 Å². The molecule has 0 aliphatic carbocycles. The molecular weight excluding hydrogens is 630 g/mol. The van der Waals surface area contributed by atoms with Crippen molar-refractivity contribution in [2.45, 2.75) is 122 Å². The molecule has 0 saturated heterocycles. The first-order chi connectivity index (χ1) is 23.4. The molecular formula is C38H57NO10. The molecule has 0 saturated carbocycles. The average Bonchev–Trinajstić information content (AvgIpc) is 3.07. The van der Waals surface area contributed by atoms with Crippen LogP contribution in [0.25, 0.3) is 0 Å². The first-order valence-electron chi connectivity index (χ1n) is 17.3. The number of unbranched alkanes of at least 4 members (excludes halogenated alkanes) is 8. The van der Waals surface area contributed by atoms with E-state index in [2.05, 4.69) is 17.0 Å². The molecule has 1 aromatic carbocycles. The van der Waals surface area contributed by atoms with Gasteiger partial charge in [-0.2, -0.15) is 0 Å². The molecule has 1 amide bonds. The zero-order valence-corrected chi connectivity index (χ0v) is 30.0. The lowest BCUT2D eigenvalue weighted by atomic mass is 9.82. The lowest BCUT2D eigenvalue weighted by Gasteiger charge is -2.30. The summed E-state index contributed by atoms with van der Waals surface area (Å²) in [4.78, 5) is 62.8. The molecule has 11 nitrogen and oxygen atoms in total. The maximum atomic E-state index is 13.6. The summed E-state index contributed by atoms with van der Waals surface area (Å²) in [5, 5.41) is 23.7. The monoisotopic (exact) mass is 687 g/mol. The molecule has 0 aliphatic rings. The number of carboxylic acid groups (broad SMARTS) is 1. The number of aliphatic hydroxyl groups is 1. The molecule has 0 radical (unpaired) electrons. The van der Waals surface area contributed by atoms with Crippen LogP contribution in [-0.2, 0) is 39.9 Å². The quantitative estimate of drug-likeness (QED) is 0.0593. The number of hydrogen-bond donors (Lipinski definition) is 3. The van der Waals surface area contributed by atoms with Crippen molar-refractivity contribution >= 4 is 29.6 Å². The van der Waals surface area contributed by atoms with Gasteiger partial charge in [-0.1, -0.05) is 75.3 Å². The Morgan fingerprint density at radius 3 is 2.04 bits per heavy atom. The van der Waals surface area contributed by atoms with E-state index in [-0.39, 0.29) is 12.2 Å². The fraction of sp³-hybridized carbons (Fsp3) is 0.605. The molecule has 1 aromatic rings. The van der Waals surface area contributed by atoms with Gasteiger partial charge in [0, 0.05) is 19.3 Å². The van der Waals surface area contributed by atoms with Crippen LogP contribution < -0.4 is 10.1 Å². The van der Waals surface area contributed by atoms with Crippen molar-refractivity contribution in [3.05, 3.63) is 53.6 Å². The predicted octanol–water partition coefficient (Wildman–Crippen LogP) is 6.05. The minimum absolute atomic E-state index is 0.00690. The van der Waals surface area contributed by atoms with Gasteiger partial charge in [0.15, 0.2) is 5.60 Å². The smallest absolute Gasteiger partial charge is 0.337 e. The van der Waals surface area contributed by atoms with Crippen molar-refractivity contribution in [3.63, 3.8) is 0 Å². The maximum Gasteiger partial charge on any atom is 0.337 e. The Hall–Kier alpha value is -3.99. The van der Waals surface area contributed by atoms with Crippen LogP contribution in [0.3, 0.4) is 0 Å². The summed E-state index contributed by atoms with van der Waals surface area (Å²) >= 11 is 0. The topological polar surface area (TPSA) is 166 Å². The highest BCUT2D eigenvalue weighted by Gasteiger charge is 2.49. The number of benzene rings is 1. The third-order valence-electron chi connectivity index (χ3n) is 8.18. The minimum atomic E-state index is -2.85. The normalized spacial score (nSPS) is 13.5. The summed E-state index contributed by atoms with van der Waals surface area (Å²) in [5.41, 5.74) is -1.07. The molecule has 11 heteroatoms. The first-order valence-corrected chi connectivity index (χ1v) is 17.3. The summed E-state index contributed by atoms with van der Waals surface area (Å²) in [6.45, 7) is 6.49. The van der Waals surface area contributed by atoms with Crippen molar-refractivity contribution < 1.29 is 48.4 Å². The third kappa shape index (κ3) is 17.3. The van der Waals surface area contributed by atoms with E-state index in [1.807, 2.05) is 19.9 Å². The second-order valence-electron chi connectivity index (χ2n) is 12.6. The van der Waals surface area contributed by atoms with E-state index in [0.29, 0.717) is 43.6 Å². The molecule has 274 valence electrons. The van der Waals surface area contributed by atoms with Crippen LogP contribution in [-0.4, -0.2) is 72.3 Å². The van der Waals surface area contributed by atoms with E-state index in [4.69, 9.17) is 9.47 Å². The number of rotatable bonds is 26. The molecule has 0 aliphatic heterocycles. The Morgan fingerprint density at radius 2 is 1.49 bits per heavy atom. The molecule has 0 spiro atoms. The van der Waals surface area contributed by atoms with Crippen LogP contribution >= 0.6 is 0 Å². The molecule has 1 rings (SSSR count). The highest BCUT2D eigenvalue weighted by Crippen LogP contribution is 2.26. The van der Waals surface area contributed by atoms with Gasteiger partial charge in [-0.05, 0) is 63.3 Å². The number of Topliss-reactive ketones (excluding diaryl/α,β-unsaturated/α-hetero) is 1. The third-order valence-corrected chi connectivity index (χ3v) is 8.18. The second kappa shape index (κ2) is 24.2. The van der Waals surface area contributed by atoms with Crippen LogP contribution in [0, 0.1) is 5.92 Å². The van der Waals surface area contributed by atoms with Crippen molar-refractivity contribution in [2.75, 3.05) is 20.8 Å². The molecule has 49 heavy (non-hydrogen) atoms. The number of carbonyl (C=O) groups is 5. The molecule has 3 atom stereocenters. The van der Waals surface area contributed by atoms with E-state index in [0.717, 1.165) is 51.9 Å². The second-order valence-corrected chi connectivity index (χ2v) is 12.6. The van der Waals surface area contributed by atoms with E-state index >= 15 is 0 Å². The molecule has 3 N–H and O–H groups in total. The molecule has 3 unspecified atom stereocenters. The number of allylic oxidation sites excluding steroid dienone is 2. The number of aliphatic carboxylic acids is 1. The van der Waals surface area contributed by atoms with Crippen molar-refractivity contribution in [2.24, 2.45) is 5.92 Å². The lowest BCUT2D eigenvalue weighted by Crippen LogP contribution is -2.55. The van der Waals surface area contributed by atoms with Crippen LogP contribution in [0.4, 0.5) is 0 Å². The number of hydrogen-bond acceptors (Lipinski definition) is 9. The van der Waals surface area contributed by atoms with Crippen LogP contribution in [0.1, 0.15) is 110 Å². The fourth-order valence-electron chi connectivity index (χ4n) is 5.15. The Labute approximate surface area is 291 Å². The van der Waals surface area contributed by atoms with Gasteiger partial charge in [-0.3, -0.25) is 14.4 Å². The number of ether oxygens (including phenoxy) is 3. The number of methoxy groups -OCH3 is 2. The highest BCUT2D eigenvalue weighted by molar-refractivity contribution is 5.95. The lowest BCUT2D eigenvalue weighted by molar-refractivity contribution is -0.173. The number of carbonyl (C=O) groups excluding carboxylic acids is 4.